The number of rotatable bonds is 11. The molecule has 0 saturated carbocycles. The zero-order chi connectivity index (χ0) is 22.9. The second-order valence-electron chi connectivity index (χ2n) is 8.58. The lowest BCUT2D eigenvalue weighted by Crippen LogP contribution is -2.29. The molecular formula is C29H33N3O. The van der Waals surface area contributed by atoms with Crippen molar-refractivity contribution in [2.24, 2.45) is 0 Å². The van der Waals surface area contributed by atoms with Gasteiger partial charge in [-0.05, 0) is 60.9 Å². The van der Waals surface area contributed by atoms with Crippen molar-refractivity contribution in [1.29, 1.82) is 0 Å². The molecule has 0 aliphatic heterocycles. The van der Waals surface area contributed by atoms with Crippen LogP contribution in [0.2, 0.25) is 0 Å². The lowest BCUT2D eigenvalue weighted by molar-refractivity contribution is 0.393. The molecule has 2 aromatic carbocycles. The maximum atomic E-state index is 6.34. The van der Waals surface area contributed by atoms with E-state index in [9.17, 15) is 0 Å². The maximum absolute atomic E-state index is 6.34. The van der Waals surface area contributed by atoms with Gasteiger partial charge in [-0.1, -0.05) is 63.8 Å². The molecule has 4 aromatic rings. The van der Waals surface area contributed by atoms with Crippen molar-refractivity contribution < 1.29 is 4.74 Å². The first-order chi connectivity index (χ1) is 16.2. The number of benzene rings is 2. The topological polar surface area (TPSA) is 39.9 Å². The lowest BCUT2D eigenvalue weighted by Gasteiger charge is -2.34. The molecule has 0 bridgehead atoms. The minimum atomic E-state index is -0.108. The Morgan fingerprint density at radius 1 is 0.788 bits per heavy atom. The Morgan fingerprint density at radius 3 is 2.21 bits per heavy atom. The molecule has 0 N–H and O–H groups in total. The fraction of sp³-hybridized carbons (Fsp3) is 0.310. The van der Waals surface area contributed by atoms with Crippen molar-refractivity contribution in [2.45, 2.75) is 57.8 Å². The summed E-state index contributed by atoms with van der Waals surface area (Å²) in [6, 6.07) is 24.8. The Labute approximate surface area is 197 Å². The van der Waals surface area contributed by atoms with Gasteiger partial charge in [-0.2, -0.15) is 5.10 Å². The summed E-state index contributed by atoms with van der Waals surface area (Å²) in [4.78, 5) is 4.84. The first kappa shape index (κ1) is 22.8. The normalized spacial score (nSPS) is 11.5. The van der Waals surface area contributed by atoms with Gasteiger partial charge >= 0.3 is 0 Å². The highest BCUT2D eigenvalue weighted by Gasteiger charge is 2.34. The molecule has 2 aromatic heterocycles. The molecule has 4 heteroatoms. The van der Waals surface area contributed by atoms with Crippen LogP contribution in [-0.2, 0) is 5.41 Å². The molecule has 0 saturated heterocycles. The van der Waals surface area contributed by atoms with Crippen LogP contribution in [0.15, 0.2) is 91.4 Å². The summed E-state index contributed by atoms with van der Waals surface area (Å²) in [5, 5.41) is 4.33. The summed E-state index contributed by atoms with van der Waals surface area (Å²) in [7, 11) is 0. The summed E-state index contributed by atoms with van der Waals surface area (Å²) in [5.41, 5.74) is 3.31. The first-order valence-electron chi connectivity index (χ1n) is 12.0. The highest BCUT2D eigenvalue weighted by atomic mass is 16.5. The largest absolute Gasteiger partial charge is 0.457 e. The molecule has 0 aliphatic rings. The number of hydrogen-bond donors (Lipinski definition) is 0. The van der Waals surface area contributed by atoms with E-state index in [-0.39, 0.29) is 5.41 Å². The monoisotopic (exact) mass is 439 g/mol. The van der Waals surface area contributed by atoms with Crippen LogP contribution in [0.25, 0.3) is 5.69 Å². The molecule has 0 amide bonds. The van der Waals surface area contributed by atoms with Gasteiger partial charge in [0.1, 0.15) is 11.5 Å². The Kier molecular flexibility index (Phi) is 7.56. The fourth-order valence-corrected chi connectivity index (χ4v) is 4.53. The molecule has 33 heavy (non-hydrogen) atoms. The molecule has 4 nitrogen and oxygen atoms in total. The van der Waals surface area contributed by atoms with E-state index < -0.39 is 0 Å². The number of ether oxygens (including phenoxy) is 1. The first-order valence-corrected chi connectivity index (χ1v) is 12.0. The van der Waals surface area contributed by atoms with Gasteiger partial charge in [-0.25, -0.2) is 4.68 Å². The predicted octanol–water partition coefficient (Wildman–Crippen LogP) is 7.73. The standard InChI is InChI=1S/C29H33N3O/c1-3-5-17-29(18-6-4-2,28-16-7-8-19-30-28)24-12-9-14-26(22-24)33-27-15-10-13-25(23-27)32-21-11-20-31-32/h7-16,19-23H,3-6,17-18H2,1-2H3. The molecule has 2 heterocycles. The van der Waals surface area contributed by atoms with E-state index in [1.165, 1.54) is 5.56 Å². The summed E-state index contributed by atoms with van der Waals surface area (Å²) < 4.78 is 8.17. The average molecular weight is 440 g/mol. The van der Waals surface area contributed by atoms with E-state index in [1.54, 1.807) is 6.20 Å². The quantitative estimate of drug-likeness (QED) is 0.240. The molecular weight excluding hydrogens is 406 g/mol. The second-order valence-corrected chi connectivity index (χ2v) is 8.58. The highest BCUT2D eigenvalue weighted by Crippen LogP contribution is 2.42. The zero-order valence-electron chi connectivity index (χ0n) is 19.7. The van der Waals surface area contributed by atoms with Crippen molar-refractivity contribution >= 4 is 0 Å². The fourth-order valence-electron chi connectivity index (χ4n) is 4.53. The highest BCUT2D eigenvalue weighted by molar-refractivity contribution is 5.44. The minimum absolute atomic E-state index is 0.108. The van der Waals surface area contributed by atoms with Crippen LogP contribution < -0.4 is 4.74 Å². The van der Waals surface area contributed by atoms with E-state index >= 15 is 0 Å². The van der Waals surface area contributed by atoms with Gasteiger partial charge in [0.05, 0.1) is 11.4 Å². The Morgan fingerprint density at radius 2 is 1.55 bits per heavy atom. The van der Waals surface area contributed by atoms with E-state index in [0.717, 1.165) is 61.4 Å². The molecule has 0 atom stereocenters. The summed E-state index contributed by atoms with van der Waals surface area (Å²) in [6.07, 6.45) is 12.5. The van der Waals surface area contributed by atoms with Crippen molar-refractivity contribution in [2.75, 3.05) is 0 Å². The molecule has 0 aliphatic carbocycles. The van der Waals surface area contributed by atoms with Crippen LogP contribution in [0, 0.1) is 0 Å². The van der Waals surface area contributed by atoms with Crippen LogP contribution in [0.1, 0.15) is 63.6 Å². The molecule has 0 fully saturated rings. The average Bonchev–Trinajstić information content (AvgIpc) is 3.41. The number of pyridine rings is 1. The van der Waals surface area contributed by atoms with Crippen LogP contribution in [-0.4, -0.2) is 14.8 Å². The third-order valence-corrected chi connectivity index (χ3v) is 6.28. The second kappa shape index (κ2) is 11.0. The van der Waals surface area contributed by atoms with Gasteiger partial charge in [0.15, 0.2) is 0 Å². The molecule has 0 unspecified atom stereocenters. The maximum Gasteiger partial charge on any atom is 0.129 e. The zero-order valence-corrected chi connectivity index (χ0v) is 19.7. The van der Waals surface area contributed by atoms with Gasteiger partial charge in [0.2, 0.25) is 0 Å². The van der Waals surface area contributed by atoms with Crippen molar-refractivity contribution in [1.82, 2.24) is 14.8 Å². The lowest BCUT2D eigenvalue weighted by atomic mass is 9.70. The number of hydrogen-bond acceptors (Lipinski definition) is 3. The third-order valence-electron chi connectivity index (χ3n) is 6.28. The molecule has 170 valence electrons. The SMILES string of the molecule is CCCCC(CCCC)(c1cccc(Oc2cccc(-n3cccn3)c2)c1)c1ccccn1. The van der Waals surface area contributed by atoms with E-state index in [4.69, 9.17) is 9.72 Å². The Bertz CT molecular complexity index is 1110. The Hall–Kier alpha value is -3.40. The van der Waals surface area contributed by atoms with E-state index in [0.29, 0.717) is 0 Å². The van der Waals surface area contributed by atoms with Crippen molar-refractivity contribution in [3.05, 3.63) is 103 Å². The molecule has 4 rings (SSSR count). The number of unbranched alkanes of at least 4 members (excludes halogenated alkanes) is 2. The van der Waals surface area contributed by atoms with Gasteiger partial charge < -0.3 is 4.74 Å². The Balaban J connectivity index is 1.69. The van der Waals surface area contributed by atoms with Gasteiger partial charge in [0, 0.05) is 30.1 Å². The van der Waals surface area contributed by atoms with Crippen LogP contribution >= 0.6 is 0 Å². The summed E-state index contributed by atoms with van der Waals surface area (Å²) >= 11 is 0. The van der Waals surface area contributed by atoms with E-state index in [2.05, 4.69) is 49.3 Å². The van der Waals surface area contributed by atoms with Crippen molar-refractivity contribution in [3.63, 3.8) is 0 Å². The van der Waals surface area contributed by atoms with Gasteiger partial charge in [0.25, 0.3) is 0 Å². The minimum Gasteiger partial charge on any atom is -0.457 e. The number of aromatic nitrogens is 3. The molecule has 0 radical (unpaired) electrons. The summed E-state index contributed by atoms with van der Waals surface area (Å²) in [6.45, 7) is 4.52. The van der Waals surface area contributed by atoms with Gasteiger partial charge in [-0.15, -0.1) is 0 Å². The third kappa shape index (κ3) is 5.33. The molecule has 0 spiro atoms. The summed E-state index contributed by atoms with van der Waals surface area (Å²) in [5.74, 6) is 1.64. The predicted molar refractivity (Wildman–Crippen MR) is 134 cm³/mol. The number of nitrogens with zero attached hydrogens (tertiary/aromatic N) is 3. The van der Waals surface area contributed by atoms with Crippen LogP contribution in [0.3, 0.4) is 0 Å². The van der Waals surface area contributed by atoms with Crippen molar-refractivity contribution in [3.8, 4) is 17.2 Å². The van der Waals surface area contributed by atoms with Crippen LogP contribution in [0.4, 0.5) is 0 Å². The smallest absolute Gasteiger partial charge is 0.129 e. The van der Waals surface area contributed by atoms with E-state index in [1.807, 2.05) is 59.5 Å². The van der Waals surface area contributed by atoms with Gasteiger partial charge in [-0.3, -0.25) is 4.98 Å². The van der Waals surface area contributed by atoms with Crippen LogP contribution in [0.5, 0.6) is 11.5 Å².